The van der Waals surface area contributed by atoms with Crippen molar-refractivity contribution in [3.05, 3.63) is 35.4 Å². The monoisotopic (exact) mass is 204 g/mol. The van der Waals surface area contributed by atoms with E-state index >= 15 is 0 Å². The maximum absolute atomic E-state index is 6.29. The molecule has 1 aromatic rings. The predicted octanol–water partition coefficient (Wildman–Crippen LogP) is 1.99. The van der Waals surface area contributed by atoms with Crippen LogP contribution < -0.4 is 11.1 Å². The molecule has 0 amide bonds. The average Bonchev–Trinajstić information content (AvgIpc) is 2.30. The van der Waals surface area contributed by atoms with E-state index in [4.69, 9.17) is 5.73 Å². The first kappa shape index (κ1) is 10.7. The molecule has 0 unspecified atom stereocenters. The Balaban J connectivity index is 2.05. The van der Waals surface area contributed by atoms with Gasteiger partial charge in [0.1, 0.15) is 0 Å². The van der Waals surface area contributed by atoms with Crippen LogP contribution in [0.2, 0.25) is 0 Å². The van der Waals surface area contributed by atoms with E-state index in [9.17, 15) is 0 Å². The zero-order chi connectivity index (χ0) is 10.7. The fraction of sp³-hybridized carbons (Fsp3) is 0.538. The Labute approximate surface area is 91.9 Å². The molecule has 0 aliphatic carbocycles. The van der Waals surface area contributed by atoms with Gasteiger partial charge in [-0.25, -0.2) is 0 Å². The molecule has 82 valence electrons. The molecule has 0 radical (unpaired) electrons. The van der Waals surface area contributed by atoms with E-state index in [0.717, 1.165) is 13.1 Å². The van der Waals surface area contributed by atoms with E-state index in [1.54, 1.807) is 0 Å². The van der Waals surface area contributed by atoms with Gasteiger partial charge in [0.2, 0.25) is 0 Å². The van der Waals surface area contributed by atoms with Crippen LogP contribution in [0.1, 0.15) is 30.0 Å². The van der Waals surface area contributed by atoms with Crippen molar-refractivity contribution in [1.82, 2.24) is 5.32 Å². The van der Waals surface area contributed by atoms with E-state index in [1.165, 1.54) is 24.0 Å². The molecule has 1 saturated heterocycles. The summed E-state index contributed by atoms with van der Waals surface area (Å²) in [7, 11) is 0. The number of hydrogen-bond acceptors (Lipinski definition) is 2. The van der Waals surface area contributed by atoms with E-state index in [2.05, 4.69) is 36.5 Å². The Morgan fingerprint density at radius 2 is 1.80 bits per heavy atom. The zero-order valence-corrected chi connectivity index (χ0v) is 9.37. The van der Waals surface area contributed by atoms with E-state index in [0.29, 0.717) is 5.92 Å². The SMILES string of the molecule is Cc1ccc([C@H](N)C2CCNCC2)cc1. The number of nitrogens with one attached hydrogen (secondary N) is 1. The van der Waals surface area contributed by atoms with Gasteiger partial charge in [0.25, 0.3) is 0 Å². The summed E-state index contributed by atoms with van der Waals surface area (Å²) in [4.78, 5) is 0. The van der Waals surface area contributed by atoms with Gasteiger partial charge in [0.15, 0.2) is 0 Å². The summed E-state index contributed by atoms with van der Waals surface area (Å²) >= 11 is 0. The molecule has 1 fully saturated rings. The molecule has 0 aromatic heterocycles. The van der Waals surface area contributed by atoms with Gasteiger partial charge in [-0.2, -0.15) is 0 Å². The predicted molar refractivity (Wildman–Crippen MR) is 63.7 cm³/mol. The van der Waals surface area contributed by atoms with Crippen molar-refractivity contribution in [3.63, 3.8) is 0 Å². The van der Waals surface area contributed by atoms with E-state index in [1.807, 2.05) is 0 Å². The van der Waals surface area contributed by atoms with Crippen molar-refractivity contribution in [2.24, 2.45) is 11.7 Å². The molecule has 1 heterocycles. The third-order valence-electron chi connectivity index (χ3n) is 3.35. The Hall–Kier alpha value is -0.860. The highest BCUT2D eigenvalue weighted by Gasteiger charge is 2.21. The Morgan fingerprint density at radius 1 is 1.20 bits per heavy atom. The second-order valence-electron chi connectivity index (χ2n) is 4.52. The topological polar surface area (TPSA) is 38.0 Å². The van der Waals surface area contributed by atoms with Crippen molar-refractivity contribution in [2.45, 2.75) is 25.8 Å². The minimum Gasteiger partial charge on any atom is -0.324 e. The molecule has 3 N–H and O–H groups in total. The van der Waals surface area contributed by atoms with Gasteiger partial charge in [-0.3, -0.25) is 0 Å². The van der Waals surface area contributed by atoms with Gasteiger partial charge >= 0.3 is 0 Å². The standard InChI is InChI=1S/C13H20N2/c1-10-2-4-11(5-3-10)13(14)12-6-8-15-9-7-12/h2-5,12-13,15H,6-9,14H2,1H3/t13-/m0/s1. The van der Waals surface area contributed by atoms with Crippen molar-refractivity contribution < 1.29 is 0 Å². The van der Waals surface area contributed by atoms with Crippen molar-refractivity contribution >= 4 is 0 Å². The number of rotatable bonds is 2. The molecule has 0 saturated carbocycles. The Kier molecular flexibility index (Phi) is 3.39. The highest BCUT2D eigenvalue weighted by Crippen LogP contribution is 2.26. The Morgan fingerprint density at radius 3 is 2.40 bits per heavy atom. The van der Waals surface area contributed by atoms with E-state index < -0.39 is 0 Å². The van der Waals surface area contributed by atoms with Gasteiger partial charge in [-0.15, -0.1) is 0 Å². The molecule has 2 heteroatoms. The van der Waals surface area contributed by atoms with E-state index in [-0.39, 0.29) is 6.04 Å². The van der Waals surface area contributed by atoms with Gasteiger partial charge in [-0.1, -0.05) is 29.8 Å². The second-order valence-corrected chi connectivity index (χ2v) is 4.52. The van der Waals surface area contributed by atoms with Crippen LogP contribution >= 0.6 is 0 Å². The van der Waals surface area contributed by atoms with Gasteiger partial charge in [-0.05, 0) is 44.3 Å². The molecule has 1 aromatic carbocycles. The quantitative estimate of drug-likeness (QED) is 0.773. The lowest BCUT2D eigenvalue weighted by atomic mass is 9.86. The number of nitrogens with two attached hydrogens (primary N) is 1. The highest BCUT2D eigenvalue weighted by molar-refractivity contribution is 5.24. The molecule has 1 aliphatic heterocycles. The fourth-order valence-corrected chi connectivity index (χ4v) is 2.26. The minimum absolute atomic E-state index is 0.215. The van der Waals surface area contributed by atoms with Crippen LogP contribution in [-0.4, -0.2) is 13.1 Å². The molecule has 0 bridgehead atoms. The maximum Gasteiger partial charge on any atom is 0.0324 e. The fourth-order valence-electron chi connectivity index (χ4n) is 2.26. The van der Waals surface area contributed by atoms with Crippen molar-refractivity contribution in [3.8, 4) is 0 Å². The summed E-state index contributed by atoms with van der Waals surface area (Å²) in [6, 6.07) is 8.85. The third kappa shape index (κ3) is 2.58. The number of aryl methyl sites for hydroxylation is 1. The minimum atomic E-state index is 0.215. The lowest BCUT2D eigenvalue weighted by Crippen LogP contribution is -2.33. The van der Waals surface area contributed by atoms with Crippen LogP contribution in [0.4, 0.5) is 0 Å². The number of benzene rings is 1. The lowest BCUT2D eigenvalue weighted by molar-refractivity contribution is 0.322. The molecule has 0 spiro atoms. The molecule has 2 nitrogen and oxygen atoms in total. The summed E-state index contributed by atoms with van der Waals surface area (Å²) in [5.41, 5.74) is 8.88. The van der Waals surface area contributed by atoms with Gasteiger partial charge < -0.3 is 11.1 Å². The largest absolute Gasteiger partial charge is 0.324 e. The first-order valence-corrected chi connectivity index (χ1v) is 5.80. The molecule has 1 atom stereocenters. The second kappa shape index (κ2) is 4.77. The molecular formula is C13H20N2. The summed E-state index contributed by atoms with van der Waals surface area (Å²) in [6.45, 7) is 4.34. The zero-order valence-electron chi connectivity index (χ0n) is 9.37. The highest BCUT2D eigenvalue weighted by atomic mass is 14.9. The van der Waals surface area contributed by atoms with Crippen LogP contribution in [0.25, 0.3) is 0 Å². The molecule has 15 heavy (non-hydrogen) atoms. The summed E-state index contributed by atoms with van der Waals surface area (Å²) in [6.07, 6.45) is 2.41. The summed E-state index contributed by atoms with van der Waals surface area (Å²) < 4.78 is 0. The molecule has 1 aliphatic rings. The Bertz CT molecular complexity index is 299. The van der Waals surface area contributed by atoms with Crippen LogP contribution in [0.15, 0.2) is 24.3 Å². The summed E-state index contributed by atoms with van der Waals surface area (Å²) in [5, 5.41) is 3.37. The normalized spacial score (nSPS) is 20.1. The van der Waals surface area contributed by atoms with Gasteiger partial charge in [0.05, 0.1) is 0 Å². The number of hydrogen-bond donors (Lipinski definition) is 2. The third-order valence-corrected chi connectivity index (χ3v) is 3.35. The molecule has 2 rings (SSSR count). The average molecular weight is 204 g/mol. The van der Waals surface area contributed by atoms with Gasteiger partial charge in [0, 0.05) is 6.04 Å². The summed E-state index contributed by atoms with van der Waals surface area (Å²) in [5.74, 6) is 0.647. The van der Waals surface area contributed by atoms with Crippen LogP contribution in [-0.2, 0) is 0 Å². The maximum atomic E-state index is 6.29. The number of piperidine rings is 1. The smallest absolute Gasteiger partial charge is 0.0324 e. The van der Waals surface area contributed by atoms with Crippen LogP contribution in [0, 0.1) is 12.8 Å². The first-order valence-electron chi connectivity index (χ1n) is 5.80. The van der Waals surface area contributed by atoms with Crippen LogP contribution in [0.5, 0.6) is 0 Å². The van der Waals surface area contributed by atoms with Crippen LogP contribution in [0.3, 0.4) is 0 Å². The molecular weight excluding hydrogens is 184 g/mol. The van der Waals surface area contributed by atoms with Crippen molar-refractivity contribution in [2.75, 3.05) is 13.1 Å². The first-order chi connectivity index (χ1) is 7.27. The lowest BCUT2D eigenvalue weighted by Gasteiger charge is -2.28. The van der Waals surface area contributed by atoms with Crippen molar-refractivity contribution in [1.29, 1.82) is 0 Å².